The molecule has 1 aromatic carbocycles. The summed E-state index contributed by atoms with van der Waals surface area (Å²) in [4.78, 5) is 15.0. The minimum absolute atomic E-state index is 0.0392. The molecule has 0 aliphatic heterocycles. The lowest BCUT2D eigenvalue weighted by atomic mass is 9.82. The highest BCUT2D eigenvalue weighted by atomic mass is 16.6. The third-order valence-corrected chi connectivity index (χ3v) is 4.27. The van der Waals surface area contributed by atoms with Crippen molar-refractivity contribution in [3.05, 3.63) is 39.7 Å². The maximum atomic E-state index is 11.0. The van der Waals surface area contributed by atoms with E-state index in [4.69, 9.17) is 10.3 Å². The zero-order chi connectivity index (χ0) is 15.7. The Balaban J connectivity index is 1.94. The number of rotatable bonds is 3. The van der Waals surface area contributed by atoms with Crippen molar-refractivity contribution in [1.82, 2.24) is 10.1 Å². The summed E-state index contributed by atoms with van der Waals surface area (Å²) in [6.07, 6.45) is 4.95. The molecule has 1 aliphatic rings. The van der Waals surface area contributed by atoms with Gasteiger partial charge in [0.2, 0.25) is 0 Å². The topological polar surface area (TPSA) is 108 Å². The maximum absolute atomic E-state index is 11.0. The maximum Gasteiger partial charge on any atom is 0.273 e. The minimum Gasteiger partial charge on any atom is -0.334 e. The van der Waals surface area contributed by atoms with Gasteiger partial charge in [-0.2, -0.15) is 4.98 Å². The Morgan fingerprint density at radius 3 is 2.73 bits per heavy atom. The highest BCUT2D eigenvalue weighted by molar-refractivity contribution is 5.60. The molecule has 0 unspecified atom stereocenters. The average molecular weight is 302 g/mol. The van der Waals surface area contributed by atoms with Crippen molar-refractivity contribution in [3.8, 4) is 11.5 Å². The standard InChI is InChI=1S/C15H18N4O3/c1-10-5-6-11(9-12(10)19(20)21)13-17-14(18-22-13)15(16)7-3-2-4-8-15/h5-6,9H,2-4,7-8,16H2,1H3. The van der Waals surface area contributed by atoms with E-state index in [1.807, 2.05) is 0 Å². The second-order valence-electron chi connectivity index (χ2n) is 5.90. The second-order valence-corrected chi connectivity index (χ2v) is 5.90. The van der Waals surface area contributed by atoms with Crippen LogP contribution in [0.1, 0.15) is 43.5 Å². The zero-order valence-electron chi connectivity index (χ0n) is 12.4. The fourth-order valence-electron chi connectivity index (χ4n) is 2.89. The van der Waals surface area contributed by atoms with E-state index in [9.17, 15) is 10.1 Å². The van der Waals surface area contributed by atoms with Crippen molar-refractivity contribution in [3.63, 3.8) is 0 Å². The number of aromatic nitrogens is 2. The molecule has 116 valence electrons. The number of aryl methyl sites for hydroxylation is 1. The molecule has 0 bridgehead atoms. The molecule has 7 heteroatoms. The van der Waals surface area contributed by atoms with Gasteiger partial charge in [-0.15, -0.1) is 0 Å². The fraction of sp³-hybridized carbons (Fsp3) is 0.467. The van der Waals surface area contributed by atoms with Crippen molar-refractivity contribution >= 4 is 5.69 Å². The number of benzene rings is 1. The Hall–Kier alpha value is -2.28. The molecular weight excluding hydrogens is 284 g/mol. The van der Waals surface area contributed by atoms with Gasteiger partial charge in [0.15, 0.2) is 5.82 Å². The predicted molar refractivity (Wildman–Crippen MR) is 80.1 cm³/mol. The summed E-state index contributed by atoms with van der Waals surface area (Å²) in [6, 6.07) is 4.87. The van der Waals surface area contributed by atoms with Gasteiger partial charge in [0.05, 0.1) is 10.5 Å². The summed E-state index contributed by atoms with van der Waals surface area (Å²) >= 11 is 0. The van der Waals surface area contributed by atoms with E-state index in [1.165, 1.54) is 12.5 Å². The SMILES string of the molecule is Cc1ccc(-c2nc(C3(N)CCCCC3)no2)cc1[N+](=O)[O-]. The molecule has 1 aromatic heterocycles. The second kappa shape index (κ2) is 5.49. The molecule has 0 radical (unpaired) electrons. The summed E-state index contributed by atoms with van der Waals surface area (Å²) in [7, 11) is 0. The first kappa shape index (κ1) is 14.6. The van der Waals surface area contributed by atoms with Crippen molar-refractivity contribution in [2.24, 2.45) is 5.73 Å². The lowest BCUT2D eigenvalue weighted by Crippen LogP contribution is -2.39. The van der Waals surface area contributed by atoms with Crippen LogP contribution in [0.15, 0.2) is 22.7 Å². The van der Waals surface area contributed by atoms with E-state index >= 15 is 0 Å². The molecule has 1 aliphatic carbocycles. The van der Waals surface area contributed by atoms with Gasteiger partial charge in [-0.05, 0) is 25.8 Å². The average Bonchev–Trinajstić information content (AvgIpc) is 2.99. The first-order chi connectivity index (χ1) is 10.5. The van der Waals surface area contributed by atoms with Crippen LogP contribution < -0.4 is 5.73 Å². The van der Waals surface area contributed by atoms with Gasteiger partial charge < -0.3 is 10.3 Å². The van der Waals surface area contributed by atoms with E-state index in [0.717, 1.165) is 25.7 Å². The van der Waals surface area contributed by atoms with Crippen LogP contribution in [0.25, 0.3) is 11.5 Å². The molecule has 7 nitrogen and oxygen atoms in total. The van der Waals surface area contributed by atoms with Gasteiger partial charge in [-0.3, -0.25) is 10.1 Å². The predicted octanol–water partition coefficient (Wildman–Crippen LogP) is 3.07. The van der Waals surface area contributed by atoms with Gasteiger partial charge in [-0.1, -0.05) is 30.5 Å². The quantitative estimate of drug-likeness (QED) is 0.689. The summed E-state index contributed by atoms with van der Waals surface area (Å²) in [5.74, 6) is 0.763. The molecule has 0 amide bonds. The number of hydrogen-bond acceptors (Lipinski definition) is 6. The smallest absolute Gasteiger partial charge is 0.273 e. The molecule has 2 N–H and O–H groups in total. The summed E-state index contributed by atoms with van der Waals surface area (Å²) in [5.41, 5.74) is 7.01. The normalized spacial score (nSPS) is 17.4. The first-order valence-corrected chi connectivity index (χ1v) is 7.38. The minimum atomic E-state index is -0.545. The largest absolute Gasteiger partial charge is 0.334 e. The zero-order valence-corrected chi connectivity index (χ0v) is 12.4. The molecule has 0 atom stereocenters. The van der Waals surface area contributed by atoms with Crippen molar-refractivity contribution < 1.29 is 9.45 Å². The van der Waals surface area contributed by atoms with E-state index in [2.05, 4.69) is 10.1 Å². The van der Waals surface area contributed by atoms with Crippen LogP contribution in [0.2, 0.25) is 0 Å². The lowest BCUT2D eigenvalue weighted by Gasteiger charge is -2.29. The van der Waals surface area contributed by atoms with Crippen LogP contribution in [0.5, 0.6) is 0 Å². The molecule has 0 spiro atoms. The van der Waals surface area contributed by atoms with Gasteiger partial charge in [-0.25, -0.2) is 0 Å². The number of nitrogens with two attached hydrogens (primary N) is 1. The highest BCUT2D eigenvalue weighted by Gasteiger charge is 2.34. The third kappa shape index (κ3) is 2.59. The molecule has 0 saturated heterocycles. The summed E-state index contributed by atoms with van der Waals surface area (Å²) in [6.45, 7) is 1.69. The molecule has 1 fully saturated rings. The fourth-order valence-corrected chi connectivity index (χ4v) is 2.89. The Morgan fingerprint density at radius 2 is 2.05 bits per heavy atom. The lowest BCUT2D eigenvalue weighted by molar-refractivity contribution is -0.385. The number of nitro benzene ring substituents is 1. The van der Waals surface area contributed by atoms with E-state index in [-0.39, 0.29) is 11.6 Å². The Kier molecular flexibility index (Phi) is 3.66. The van der Waals surface area contributed by atoms with Crippen LogP contribution in [-0.4, -0.2) is 15.1 Å². The Morgan fingerprint density at radius 1 is 1.32 bits per heavy atom. The number of nitrogens with zero attached hydrogens (tertiary/aromatic N) is 3. The highest BCUT2D eigenvalue weighted by Crippen LogP contribution is 2.34. The molecule has 1 heterocycles. The monoisotopic (exact) mass is 302 g/mol. The van der Waals surface area contributed by atoms with Crippen LogP contribution in [-0.2, 0) is 5.54 Å². The van der Waals surface area contributed by atoms with Crippen molar-refractivity contribution in [2.75, 3.05) is 0 Å². The van der Waals surface area contributed by atoms with Gasteiger partial charge in [0, 0.05) is 17.2 Å². The van der Waals surface area contributed by atoms with E-state index < -0.39 is 10.5 Å². The molecular formula is C15H18N4O3. The Bertz CT molecular complexity index is 705. The first-order valence-electron chi connectivity index (χ1n) is 7.38. The van der Waals surface area contributed by atoms with Gasteiger partial charge in [0.1, 0.15) is 0 Å². The molecule has 3 rings (SSSR count). The molecule has 2 aromatic rings. The van der Waals surface area contributed by atoms with Crippen molar-refractivity contribution in [1.29, 1.82) is 0 Å². The molecule has 1 saturated carbocycles. The summed E-state index contributed by atoms with van der Waals surface area (Å²) < 4.78 is 5.28. The van der Waals surface area contributed by atoms with Gasteiger partial charge >= 0.3 is 0 Å². The van der Waals surface area contributed by atoms with Crippen LogP contribution >= 0.6 is 0 Å². The van der Waals surface area contributed by atoms with Crippen molar-refractivity contribution in [2.45, 2.75) is 44.6 Å². The third-order valence-electron chi connectivity index (χ3n) is 4.27. The van der Waals surface area contributed by atoms with Crippen LogP contribution in [0.4, 0.5) is 5.69 Å². The number of nitro groups is 1. The number of hydrogen-bond donors (Lipinski definition) is 1. The van der Waals surface area contributed by atoms with E-state index in [1.54, 1.807) is 19.1 Å². The summed E-state index contributed by atoms with van der Waals surface area (Å²) in [5, 5.41) is 15.0. The van der Waals surface area contributed by atoms with E-state index in [0.29, 0.717) is 17.0 Å². The Labute approximate surface area is 127 Å². The van der Waals surface area contributed by atoms with Crippen LogP contribution in [0.3, 0.4) is 0 Å². The van der Waals surface area contributed by atoms with Gasteiger partial charge in [0.25, 0.3) is 11.6 Å². The van der Waals surface area contributed by atoms with Crippen LogP contribution in [0, 0.1) is 17.0 Å². The molecule has 22 heavy (non-hydrogen) atoms.